The van der Waals surface area contributed by atoms with E-state index in [9.17, 15) is 10.1 Å². The summed E-state index contributed by atoms with van der Waals surface area (Å²) < 4.78 is 0. The normalized spacial score (nSPS) is 14.5. The van der Waals surface area contributed by atoms with Gasteiger partial charge in [0.2, 0.25) is 5.91 Å². The quantitative estimate of drug-likeness (QED) is 0.632. The summed E-state index contributed by atoms with van der Waals surface area (Å²) in [6.45, 7) is 5.41. The molecule has 0 saturated carbocycles. The number of fused-ring (bicyclic) bond motifs is 1. The van der Waals surface area contributed by atoms with Gasteiger partial charge in [-0.1, -0.05) is 29.3 Å². The van der Waals surface area contributed by atoms with Crippen LogP contribution in [-0.4, -0.2) is 24.0 Å². The highest BCUT2D eigenvalue weighted by Gasteiger charge is 2.27. The minimum atomic E-state index is -0.0679. The third-order valence-electron chi connectivity index (χ3n) is 5.74. The van der Waals surface area contributed by atoms with Crippen molar-refractivity contribution in [3.63, 3.8) is 0 Å². The van der Waals surface area contributed by atoms with Crippen LogP contribution in [-0.2, 0) is 4.79 Å². The van der Waals surface area contributed by atoms with E-state index in [1.54, 1.807) is 12.3 Å². The molecule has 1 saturated heterocycles. The third-order valence-corrected chi connectivity index (χ3v) is 6.14. The maximum Gasteiger partial charge on any atom is 0.227 e. The Kier molecular flexibility index (Phi) is 5.61. The number of hydrogen-bond acceptors (Lipinski definition) is 4. The number of nitriles is 1. The Bertz CT molecular complexity index is 1160. The molecule has 1 aromatic heterocycles. The summed E-state index contributed by atoms with van der Waals surface area (Å²) in [4.78, 5) is 19.4. The van der Waals surface area contributed by atoms with Gasteiger partial charge >= 0.3 is 0 Å². The van der Waals surface area contributed by atoms with E-state index in [4.69, 9.17) is 11.6 Å². The lowest BCUT2D eigenvalue weighted by Gasteiger charge is -2.34. The number of piperidine rings is 1. The van der Waals surface area contributed by atoms with Gasteiger partial charge in [-0.25, -0.2) is 0 Å². The Morgan fingerprint density at radius 3 is 2.67 bits per heavy atom. The number of rotatable bonds is 3. The fraction of sp³-hybridized carbons (Fsp3) is 0.292. The predicted molar refractivity (Wildman–Crippen MR) is 121 cm³/mol. The number of benzene rings is 2. The van der Waals surface area contributed by atoms with Crippen molar-refractivity contribution in [2.45, 2.75) is 26.7 Å². The average Bonchev–Trinajstić information content (AvgIpc) is 2.75. The van der Waals surface area contributed by atoms with Crippen LogP contribution in [0, 0.1) is 31.1 Å². The van der Waals surface area contributed by atoms with Crippen molar-refractivity contribution in [1.29, 1.82) is 5.26 Å². The molecule has 1 N–H and O–H groups in total. The van der Waals surface area contributed by atoms with Gasteiger partial charge in [0.15, 0.2) is 0 Å². The van der Waals surface area contributed by atoms with Gasteiger partial charge in [-0.05, 0) is 56.5 Å². The topological polar surface area (TPSA) is 69.0 Å². The first-order valence-corrected chi connectivity index (χ1v) is 10.5. The maximum absolute atomic E-state index is 12.8. The van der Waals surface area contributed by atoms with Crippen LogP contribution in [0.5, 0.6) is 0 Å². The predicted octanol–water partition coefficient (Wildman–Crippen LogP) is 5.23. The molecular formula is C24H23ClN4O. The van der Waals surface area contributed by atoms with Crippen LogP contribution in [0.2, 0.25) is 5.02 Å². The standard InChI is InChI=1S/C24H23ClN4O/c1-15-3-6-22-20(11-15)23(18(13-26)14-27-22)29-9-7-17(8-10-29)24(30)28-19-5-4-16(2)21(25)12-19/h3-6,11-12,14,17H,7-10H2,1-2H3,(H,28,30). The molecule has 6 heteroatoms. The summed E-state index contributed by atoms with van der Waals surface area (Å²) in [7, 11) is 0. The van der Waals surface area contributed by atoms with Gasteiger partial charge in [-0.2, -0.15) is 5.26 Å². The number of nitrogens with zero attached hydrogens (tertiary/aromatic N) is 3. The first kappa shape index (κ1) is 20.2. The lowest BCUT2D eigenvalue weighted by molar-refractivity contribution is -0.120. The van der Waals surface area contributed by atoms with Crippen molar-refractivity contribution in [1.82, 2.24) is 4.98 Å². The van der Waals surface area contributed by atoms with E-state index in [2.05, 4.69) is 27.3 Å². The molecule has 4 rings (SSSR count). The van der Waals surface area contributed by atoms with Gasteiger partial charge < -0.3 is 10.2 Å². The van der Waals surface area contributed by atoms with Crippen molar-refractivity contribution in [2.75, 3.05) is 23.3 Å². The number of hydrogen-bond donors (Lipinski definition) is 1. The van der Waals surface area contributed by atoms with E-state index in [0.717, 1.165) is 46.2 Å². The second kappa shape index (κ2) is 8.33. The number of aromatic nitrogens is 1. The Balaban J connectivity index is 1.51. The van der Waals surface area contributed by atoms with E-state index in [1.165, 1.54) is 0 Å². The molecule has 1 aliphatic heterocycles. The van der Waals surface area contributed by atoms with Crippen LogP contribution in [0.3, 0.4) is 0 Å². The largest absolute Gasteiger partial charge is 0.370 e. The summed E-state index contributed by atoms with van der Waals surface area (Å²) in [5, 5.41) is 14.3. The summed E-state index contributed by atoms with van der Waals surface area (Å²) in [6.07, 6.45) is 3.10. The summed E-state index contributed by atoms with van der Waals surface area (Å²) >= 11 is 6.17. The molecule has 30 heavy (non-hydrogen) atoms. The van der Waals surface area contributed by atoms with Crippen LogP contribution in [0.1, 0.15) is 29.5 Å². The first-order valence-electron chi connectivity index (χ1n) is 10.1. The van der Waals surface area contributed by atoms with E-state index in [0.29, 0.717) is 23.7 Å². The number of nitrogens with one attached hydrogen (secondary N) is 1. The van der Waals surface area contributed by atoms with E-state index < -0.39 is 0 Å². The molecule has 0 unspecified atom stereocenters. The second-order valence-corrected chi connectivity index (χ2v) is 8.27. The number of pyridine rings is 1. The molecule has 1 fully saturated rings. The van der Waals surface area contributed by atoms with Crippen LogP contribution < -0.4 is 10.2 Å². The van der Waals surface area contributed by atoms with Crippen LogP contribution in [0.15, 0.2) is 42.6 Å². The SMILES string of the molecule is Cc1ccc2ncc(C#N)c(N3CCC(C(=O)Nc4ccc(C)c(Cl)c4)CC3)c2c1. The summed E-state index contributed by atoms with van der Waals surface area (Å²) in [5.74, 6) is -0.0489. The fourth-order valence-electron chi connectivity index (χ4n) is 4.00. The highest BCUT2D eigenvalue weighted by Crippen LogP contribution is 2.33. The van der Waals surface area contributed by atoms with Gasteiger partial charge in [-0.3, -0.25) is 9.78 Å². The van der Waals surface area contributed by atoms with Crippen molar-refractivity contribution in [2.24, 2.45) is 5.92 Å². The first-order chi connectivity index (χ1) is 14.5. The number of amides is 1. The summed E-state index contributed by atoms with van der Waals surface area (Å²) in [5.41, 5.74) is 5.22. The van der Waals surface area contributed by atoms with Crippen molar-refractivity contribution < 1.29 is 4.79 Å². The Morgan fingerprint density at radius 1 is 1.20 bits per heavy atom. The molecule has 1 amide bonds. The number of carbonyl (C=O) groups is 1. The molecule has 152 valence electrons. The number of carbonyl (C=O) groups excluding carboxylic acids is 1. The molecule has 0 atom stereocenters. The highest BCUT2D eigenvalue weighted by atomic mass is 35.5. The van der Waals surface area contributed by atoms with Gasteiger partial charge in [0, 0.05) is 41.3 Å². The molecule has 0 radical (unpaired) electrons. The Morgan fingerprint density at radius 2 is 1.97 bits per heavy atom. The molecular weight excluding hydrogens is 396 g/mol. The third kappa shape index (κ3) is 3.96. The van der Waals surface area contributed by atoms with Crippen LogP contribution >= 0.6 is 11.6 Å². The zero-order valence-electron chi connectivity index (χ0n) is 17.1. The van der Waals surface area contributed by atoms with Gasteiger partial charge in [0.1, 0.15) is 6.07 Å². The van der Waals surface area contributed by atoms with Gasteiger partial charge in [0.05, 0.1) is 16.8 Å². The second-order valence-electron chi connectivity index (χ2n) is 7.87. The molecule has 1 aliphatic rings. The Hall–Kier alpha value is -3.10. The maximum atomic E-state index is 12.8. The average molecular weight is 419 g/mol. The molecule has 3 aromatic rings. The molecule has 2 heterocycles. The van der Waals surface area contributed by atoms with Crippen molar-refractivity contribution >= 4 is 39.8 Å². The fourth-order valence-corrected chi connectivity index (χ4v) is 4.18. The highest BCUT2D eigenvalue weighted by molar-refractivity contribution is 6.31. The smallest absolute Gasteiger partial charge is 0.227 e. The molecule has 0 aliphatic carbocycles. The number of aryl methyl sites for hydroxylation is 2. The molecule has 0 bridgehead atoms. The molecule has 5 nitrogen and oxygen atoms in total. The number of halogens is 1. The Labute approximate surface area is 181 Å². The molecule has 2 aromatic carbocycles. The van der Waals surface area contributed by atoms with E-state index >= 15 is 0 Å². The summed E-state index contributed by atoms with van der Waals surface area (Å²) in [6, 6.07) is 13.9. The number of anilines is 2. The van der Waals surface area contributed by atoms with Crippen molar-refractivity contribution in [3.05, 3.63) is 64.3 Å². The van der Waals surface area contributed by atoms with E-state index in [-0.39, 0.29) is 11.8 Å². The minimum absolute atomic E-state index is 0.0190. The zero-order chi connectivity index (χ0) is 21.3. The lowest BCUT2D eigenvalue weighted by atomic mass is 9.94. The zero-order valence-corrected chi connectivity index (χ0v) is 17.8. The molecule has 0 spiro atoms. The van der Waals surface area contributed by atoms with Gasteiger partial charge in [-0.15, -0.1) is 0 Å². The van der Waals surface area contributed by atoms with Crippen molar-refractivity contribution in [3.8, 4) is 6.07 Å². The van der Waals surface area contributed by atoms with E-state index in [1.807, 2.05) is 38.1 Å². The lowest BCUT2D eigenvalue weighted by Crippen LogP contribution is -2.38. The van der Waals surface area contributed by atoms with Crippen LogP contribution in [0.25, 0.3) is 10.9 Å². The monoisotopic (exact) mass is 418 g/mol. The van der Waals surface area contributed by atoms with Crippen LogP contribution in [0.4, 0.5) is 11.4 Å². The minimum Gasteiger partial charge on any atom is -0.370 e. The van der Waals surface area contributed by atoms with Gasteiger partial charge in [0.25, 0.3) is 0 Å².